The van der Waals surface area contributed by atoms with Crippen LogP contribution in [0.25, 0.3) is 10.2 Å². The third-order valence-electron chi connectivity index (χ3n) is 3.42. The summed E-state index contributed by atoms with van der Waals surface area (Å²) in [6.45, 7) is 2.45. The largest absolute Gasteiger partial charge is 0.364 e. The van der Waals surface area contributed by atoms with Crippen molar-refractivity contribution in [1.29, 1.82) is 0 Å². The molecule has 1 aromatic heterocycles. The fraction of sp³-hybridized carbons (Fsp3) is 0.222. The second kappa shape index (κ2) is 7.35. The third-order valence-corrected chi connectivity index (χ3v) is 4.43. The summed E-state index contributed by atoms with van der Waals surface area (Å²) in [5, 5.41) is 3.73. The molecule has 0 bridgehead atoms. The number of amides is 1. The van der Waals surface area contributed by atoms with E-state index in [1.165, 1.54) is 5.56 Å². The van der Waals surface area contributed by atoms with Crippen LogP contribution in [0, 0.1) is 0 Å². The normalized spacial score (nSPS) is 10.8. The monoisotopic (exact) mass is 326 g/mol. The molecule has 0 unspecified atom stereocenters. The predicted molar refractivity (Wildman–Crippen MR) is 93.7 cm³/mol. The van der Waals surface area contributed by atoms with E-state index in [-0.39, 0.29) is 12.5 Å². The molecule has 23 heavy (non-hydrogen) atoms. The Morgan fingerprint density at radius 3 is 2.91 bits per heavy atom. The van der Waals surface area contributed by atoms with Gasteiger partial charge in [-0.15, -0.1) is 11.3 Å². The van der Waals surface area contributed by atoms with Crippen molar-refractivity contribution < 1.29 is 9.53 Å². The molecule has 1 heterocycles. The first-order valence-electron chi connectivity index (χ1n) is 7.55. The van der Waals surface area contributed by atoms with Crippen LogP contribution in [0.4, 0.5) is 5.69 Å². The van der Waals surface area contributed by atoms with Crippen LogP contribution in [0.2, 0.25) is 0 Å². The van der Waals surface area contributed by atoms with Crippen LogP contribution in [0.1, 0.15) is 17.5 Å². The van der Waals surface area contributed by atoms with Crippen molar-refractivity contribution in [2.75, 3.05) is 11.9 Å². The van der Waals surface area contributed by atoms with Crippen LogP contribution >= 0.6 is 11.3 Å². The Morgan fingerprint density at radius 1 is 1.22 bits per heavy atom. The van der Waals surface area contributed by atoms with Crippen molar-refractivity contribution in [2.24, 2.45) is 0 Å². The van der Waals surface area contributed by atoms with Gasteiger partial charge in [0.1, 0.15) is 11.6 Å². The fourth-order valence-electron chi connectivity index (χ4n) is 2.28. The topological polar surface area (TPSA) is 51.2 Å². The molecule has 4 nitrogen and oxygen atoms in total. The zero-order valence-corrected chi connectivity index (χ0v) is 13.7. The number of aryl methyl sites for hydroxylation is 1. The van der Waals surface area contributed by atoms with E-state index in [1.54, 1.807) is 11.3 Å². The van der Waals surface area contributed by atoms with Gasteiger partial charge in [0.05, 0.1) is 16.8 Å². The molecule has 1 amide bonds. The number of ether oxygens (including phenoxy) is 1. The number of rotatable bonds is 6. The van der Waals surface area contributed by atoms with Crippen LogP contribution in [0.5, 0.6) is 0 Å². The Labute approximate surface area is 139 Å². The van der Waals surface area contributed by atoms with Crippen molar-refractivity contribution >= 4 is 33.1 Å². The van der Waals surface area contributed by atoms with Crippen molar-refractivity contribution in [2.45, 2.75) is 20.0 Å². The quantitative estimate of drug-likeness (QED) is 0.744. The predicted octanol–water partition coefficient (Wildman–Crippen LogP) is 4.01. The number of anilines is 1. The summed E-state index contributed by atoms with van der Waals surface area (Å²) in [5.74, 6) is -0.153. The average molecular weight is 326 g/mol. The van der Waals surface area contributed by atoms with E-state index in [2.05, 4.69) is 17.2 Å². The van der Waals surface area contributed by atoms with Crippen LogP contribution < -0.4 is 5.32 Å². The van der Waals surface area contributed by atoms with E-state index in [0.29, 0.717) is 6.61 Å². The van der Waals surface area contributed by atoms with Gasteiger partial charge in [-0.3, -0.25) is 4.79 Å². The van der Waals surface area contributed by atoms with Gasteiger partial charge in [0.25, 0.3) is 0 Å². The molecule has 0 aliphatic rings. The minimum atomic E-state index is -0.153. The number of nitrogens with one attached hydrogen (secondary N) is 1. The average Bonchev–Trinajstić information content (AvgIpc) is 2.97. The van der Waals surface area contributed by atoms with Crippen LogP contribution in [0.15, 0.2) is 48.5 Å². The lowest BCUT2D eigenvalue weighted by atomic mass is 10.1. The van der Waals surface area contributed by atoms with E-state index in [1.807, 2.05) is 48.5 Å². The summed E-state index contributed by atoms with van der Waals surface area (Å²) in [5.41, 5.74) is 2.97. The number of carbonyl (C=O) groups is 1. The smallest absolute Gasteiger partial charge is 0.250 e. The first-order valence-corrected chi connectivity index (χ1v) is 8.37. The molecule has 0 spiro atoms. The summed E-state index contributed by atoms with van der Waals surface area (Å²) in [6, 6.07) is 15.8. The fourth-order valence-corrected chi connectivity index (χ4v) is 3.18. The highest BCUT2D eigenvalue weighted by Gasteiger charge is 2.06. The Bertz CT molecular complexity index is 780. The molecule has 0 atom stereocenters. The molecule has 1 N–H and O–H groups in total. The summed E-state index contributed by atoms with van der Waals surface area (Å²) < 4.78 is 6.61. The molecular formula is C18H18N2O2S. The first-order chi connectivity index (χ1) is 11.2. The molecule has 118 valence electrons. The van der Waals surface area contributed by atoms with Crippen molar-refractivity contribution in [3.63, 3.8) is 0 Å². The molecule has 0 aliphatic carbocycles. The van der Waals surface area contributed by atoms with Gasteiger partial charge in [-0.05, 0) is 36.2 Å². The molecule has 2 aromatic carbocycles. The van der Waals surface area contributed by atoms with E-state index >= 15 is 0 Å². The maximum Gasteiger partial charge on any atom is 0.250 e. The minimum absolute atomic E-state index is 0.0201. The van der Waals surface area contributed by atoms with E-state index in [9.17, 15) is 4.79 Å². The molecule has 3 rings (SSSR count). The van der Waals surface area contributed by atoms with Gasteiger partial charge in [0.15, 0.2) is 0 Å². The van der Waals surface area contributed by atoms with E-state index in [4.69, 9.17) is 4.74 Å². The van der Waals surface area contributed by atoms with Crippen molar-refractivity contribution in [3.8, 4) is 0 Å². The number of para-hydroxylation sites is 1. The molecule has 0 saturated heterocycles. The van der Waals surface area contributed by atoms with Crippen LogP contribution in [-0.2, 0) is 22.6 Å². The summed E-state index contributed by atoms with van der Waals surface area (Å²) in [7, 11) is 0. The first kappa shape index (κ1) is 15.6. The van der Waals surface area contributed by atoms with Gasteiger partial charge in [-0.1, -0.05) is 31.2 Å². The molecule has 0 radical (unpaired) electrons. The second-order valence-corrected chi connectivity index (χ2v) is 6.29. The van der Waals surface area contributed by atoms with E-state index < -0.39 is 0 Å². The Morgan fingerprint density at radius 2 is 2.09 bits per heavy atom. The van der Waals surface area contributed by atoms with Crippen molar-refractivity contribution in [3.05, 3.63) is 59.1 Å². The van der Waals surface area contributed by atoms with Gasteiger partial charge >= 0.3 is 0 Å². The molecule has 0 fully saturated rings. The molecule has 0 aliphatic heterocycles. The van der Waals surface area contributed by atoms with E-state index in [0.717, 1.165) is 27.3 Å². The zero-order valence-electron chi connectivity index (χ0n) is 12.9. The van der Waals surface area contributed by atoms with Gasteiger partial charge in [-0.25, -0.2) is 4.98 Å². The maximum atomic E-state index is 11.9. The lowest BCUT2D eigenvalue weighted by Gasteiger charge is -2.06. The van der Waals surface area contributed by atoms with Crippen LogP contribution in [-0.4, -0.2) is 17.5 Å². The highest BCUT2D eigenvalue weighted by atomic mass is 32.1. The molecule has 5 heteroatoms. The Hall–Kier alpha value is -2.24. The molecule has 0 saturated carbocycles. The lowest BCUT2D eigenvalue weighted by molar-refractivity contribution is -0.121. The van der Waals surface area contributed by atoms with Gasteiger partial charge in [0, 0.05) is 5.69 Å². The minimum Gasteiger partial charge on any atom is -0.364 e. The molecule has 3 aromatic rings. The summed E-state index contributed by atoms with van der Waals surface area (Å²) in [4.78, 5) is 16.4. The van der Waals surface area contributed by atoms with Gasteiger partial charge < -0.3 is 10.1 Å². The summed E-state index contributed by atoms with van der Waals surface area (Å²) in [6.07, 6.45) is 0.942. The standard InChI is InChI=1S/C18H18N2O2S/c1-2-13-6-5-7-14(10-13)19-17(21)11-22-12-18-20-15-8-3-4-9-16(15)23-18/h3-10H,2,11-12H2,1H3,(H,19,21). The maximum absolute atomic E-state index is 11.9. The Balaban J connectivity index is 1.50. The number of aromatic nitrogens is 1. The highest BCUT2D eigenvalue weighted by molar-refractivity contribution is 7.18. The highest BCUT2D eigenvalue weighted by Crippen LogP contribution is 2.21. The third kappa shape index (κ3) is 4.15. The number of benzene rings is 2. The van der Waals surface area contributed by atoms with Crippen LogP contribution in [0.3, 0.4) is 0 Å². The van der Waals surface area contributed by atoms with Gasteiger partial charge in [-0.2, -0.15) is 0 Å². The number of hydrogen-bond donors (Lipinski definition) is 1. The number of carbonyl (C=O) groups excluding carboxylic acids is 1. The van der Waals surface area contributed by atoms with Crippen molar-refractivity contribution in [1.82, 2.24) is 4.98 Å². The SMILES string of the molecule is CCc1cccc(NC(=O)COCc2nc3ccccc3s2)c1. The number of thiazole rings is 1. The number of fused-ring (bicyclic) bond motifs is 1. The van der Waals surface area contributed by atoms with Gasteiger partial charge in [0.2, 0.25) is 5.91 Å². The zero-order chi connectivity index (χ0) is 16.1. The second-order valence-electron chi connectivity index (χ2n) is 5.17. The summed E-state index contributed by atoms with van der Waals surface area (Å²) >= 11 is 1.59. The molecular weight excluding hydrogens is 308 g/mol. The number of nitrogens with zero attached hydrogens (tertiary/aromatic N) is 1. The number of hydrogen-bond acceptors (Lipinski definition) is 4. The lowest BCUT2D eigenvalue weighted by Crippen LogP contribution is -2.18. The Kier molecular flexibility index (Phi) is 5.00.